The van der Waals surface area contributed by atoms with Gasteiger partial charge in [-0.2, -0.15) is 0 Å². The van der Waals surface area contributed by atoms with Crippen molar-refractivity contribution in [1.82, 2.24) is 4.90 Å². The number of aliphatic imine (C=N–C) groups is 1. The Kier molecular flexibility index (Phi) is 10.5. The van der Waals surface area contributed by atoms with Crippen molar-refractivity contribution in [2.45, 2.75) is 194 Å². The first-order valence-corrected chi connectivity index (χ1v) is 25.1. The van der Waals surface area contributed by atoms with Crippen LogP contribution in [0.2, 0.25) is 0 Å². The molecule has 3 heterocycles. The van der Waals surface area contributed by atoms with E-state index in [0.29, 0.717) is 43.4 Å². The number of carbonyl (C=O) groups excluding carboxylic acids is 2. The Labute approximate surface area is 372 Å². The largest absolute Gasteiger partial charge is 0.392 e. The van der Waals surface area contributed by atoms with Crippen LogP contribution in [0.1, 0.15) is 167 Å². The van der Waals surface area contributed by atoms with E-state index in [1.54, 1.807) is 0 Å². The third-order valence-electron chi connectivity index (χ3n) is 20.0. The number of aliphatic hydroxyl groups is 2. The van der Waals surface area contributed by atoms with Gasteiger partial charge < -0.3 is 19.8 Å². The van der Waals surface area contributed by atoms with Gasteiger partial charge in [0, 0.05) is 55.0 Å². The van der Waals surface area contributed by atoms with Crippen molar-refractivity contribution >= 4 is 17.3 Å². The van der Waals surface area contributed by atoms with Crippen LogP contribution >= 0.6 is 0 Å². The number of hydrogen-bond donors (Lipinski definition) is 2. The van der Waals surface area contributed by atoms with Gasteiger partial charge in [-0.25, -0.2) is 0 Å². The Balaban J connectivity index is 1.04. The molecule has 0 spiro atoms. The molecule has 62 heavy (non-hydrogen) atoms. The molecule has 2 N–H and O–H groups in total. The highest BCUT2D eigenvalue weighted by Gasteiger charge is 2.73. The molecule has 0 amide bonds. The normalized spacial score (nSPS) is 41.2. The molecule has 1 aromatic carbocycles. The Morgan fingerprint density at radius 1 is 0.935 bits per heavy atom. The topological polar surface area (TPSA) is 103 Å². The summed E-state index contributed by atoms with van der Waals surface area (Å²) in [6, 6.07) is 7.20. The maximum absolute atomic E-state index is 14.9. The predicted molar refractivity (Wildman–Crippen MR) is 246 cm³/mol. The number of hydrogen-bond acceptors (Lipinski definition) is 7. The number of aryl methyl sites for hydroxylation is 1. The summed E-state index contributed by atoms with van der Waals surface area (Å²) < 4.78 is 5.91. The molecular formula is C55H76N2O5. The lowest BCUT2D eigenvalue weighted by atomic mass is 9.34. The van der Waals surface area contributed by atoms with Crippen LogP contribution < -0.4 is 0 Å². The third-order valence-corrected chi connectivity index (χ3v) is 20.0. The molecule has 1 aromatic rings. The number of Topliss-reactive ketones (excluding diaryl/α,β-unsaturated/α-hetero) is 2. The molecule has 0 aromatic heterocycles. The number of ether oxygens (including phenoxy) is 1. The van der Waals surface area contributed by atoms with E-state index in [-0.39, 0.29) is 63.4 Å². The van der Waals surface area contributed by atoms with E-state index in [4.69, 9.17) is 9.73 Å². The van der Waals surface area contributed by atoms with E-state index in [9.17, 15) is 19.8 Å². The van der Waals surface area contributed by atoms with Crippen molar-refractivity contribution in [3.05, 3.63) is 70.1 Å². The second-order valence-electron chi connectivity index (χ2n) is 23.8. The van der Waals surface area contributed by atoms with Gasteiger partial charge in [0.15, 0.2) is 5.78 Å². The van der Waals surface area contributed by atoms with Crippen LogP contribution in [0.4, 0.5) is 0 Å². The number of allylic oxidation sites excluding steroid dienone is 1. The summed E-state index contributed by atoms with van der Waals surface area (Å²) >= 11 is 0. The van der Waals surface area contributed by atoms with Gasteiger partial charge in [-0.3, -0.25) is 14.6 Å². The minimum absolute atomic E-state index is 0.0123. The summed E-state index contributed by atoms with van der Waals surface area (Å²) in [5, 5.41) is 25.1. The van der Waals surface area contributed by atoms with Gasteiger partial charge in [0.05, 0.1) is 29.6 Å². The number of rotatable bonds is 10. The third kappa shape index (κ3) is 6.44. The quantitative estimate of drug-likeness (QED) is 0.228. The minimum atomic E-state index is -0.696. The summed E-state index contributed by atoms with van der Waals surface area (Å²) in [5.41, 5.74) is 6.69. The SMILES string of the molecule is Cc1cc(CC2=CN(CC3C4=C(C(C)CC(O)C5OC5(C)C)C(=O)CC4(C)C4(C)CCC5C(C)(CCC(=O)C5(C)C5CCCC5)C4C3O)C3C=CN=C23)cc(C2CCCCC2)c1. The maximum atomic E-state index is 14.9. The van der Waals surface area contributed by atoms with Gasteiger partial charge in [0.2, 0.25) is 0 Å². The van der Waals surface area contributed by atoms with Crippen LogP contribution in [0, 0.1) is 58.2 Å². The van der Waals surface area contributed by atoms with Crippen molar-refractivity contribution in [1.29, 1.82) is 0 Å². The molecule has 0 radical (unpaired) electrons. The highest BCUT2D eigenvalue weighted by atomic mass is 16.6. The summed E-state index contributed by atoms with van der Waals surface area (Å²) in [6.07, 6.45) is 21.1. The summed E-state index contributed by atoms with van der Waals surface area (Å²) in [4.78, 5) is 36.7. The summed E-state index contributed by atoms with van der Waals surface area (Å²) in [7, 11) is 0. The number of aliphatic hydroxyl groups excluding tert-OH is 2. The Morgan fingerprint density at radius 3 is 2.35 bits per heavy atom. The maximum Gasteiger partial charge on any atom is 0.160 e. The number of epoxide rings is 1. The van der Waals surface area contributed by atoms with E-state index in [1.807, 2.05) is 20.0 Å². The first-order chi connectivity index (χ1) is 29.4. The van der Waals surface area contributed by atoms with E-state index in [2.05, 4.69) is 76.9 Å². The molecule has 6 fully saturated rings. The lowest BCUT2D eigenvalue weighted by Gasteiger charge is -2.70. The van der Waals surface area contributed by atoms with Crippen LogP contribution in [-0.4, -0.2) is 68.9 Å². The van der Waals surface area contributed by atoms with E-state index >= 15 is 0 Å². The van der Waals surface area contributed by atoms with Crippen LogP contribution in [-0.2, 0) is 20.7 Å². The zero-order valence-corrected chi connectivity index (χ0v) is 39.3. The summed E-state index contributed by atoms with van der Waals surface area (Å²) in [6.45, 7) is 18.6. The Morgan fingerprint density at radius 2 is 1.65 bits per heavy atom. The molecule has 7 nitrogen and oxygen atoms in total. The molecule has 6 aliphatic carbocycles. The molecule has 9 aliphatic rings. The van der Waals surface area contributed by atoms with Crippen molar-refractivity contribution < 1.29 is 24.5 Å². The van der Waals surface area contributed by atoms with Gasteiger partial charge in [-0.1, -0.05) is 90.5 Å². The van der Waals surface area contributed by atoms with E-state index < -0.39 is 17.6 Å². The number of nitrogens with zero attached hydrogens (tertiary/aromatic N) is 2. The van der Waals surface area contributed by atoms with Gasteiger partial charge in [-0.05, 0) is 146 Å². The Hall–Kier alpha value is -2.87. The second kappa shape index (κ2) is 15.1. The van der Waals surface area contributed by atoms with Crippen LogP contribution in [0.5, 0.6) is 0 Å². The first kappa shape index (κ1) is 43.0. The average molecular weight is 845 g/mol. The molecular weight excluding hydrogens is 769 g/mol. The van der Waals surface area contributed by atoms with Gasteiger partial charge >= 0.3 is 0 Å². The highest BCUT2D eigenvalue weighted by molar-refractivity contribution is 6.09. The lowest BCUT2D eigenvalue weighted by molar-refractivity contribution is -0.226. The molecule has 5 saturated carbocycles. The number of ketones is 2. The van der Waals surface area contributed by atoms with Crippen molar-refractivity contribution in [2.75, 3.05) is 6.54 Å². The van der Waals surface area contributed by atoms with Gasteiger partial charge in [0.1, 0.15) is 11.9 Å². The molecule has 12 unspecified atom stereocenters. The van der Waals surface area contributed by atoms with Gasteiger partial charge in [-0.15, -0.1) is 0 Å². The molecule has 1 saturated heterocycles. The first-order valence-electron chi connectivity index (χ1n) is 25.1. The molecule has 0 bridgehead atoms. The molecule has 10 rings (SSSR count). The van der Waals surface area contributed by atoms with Crippen molar-refractivity contribution in [3.63, 3.8) is 0 Å². The van der Waals surface area contributed by atoms with Crippen molar-refractivity contribution in [3.8, 4) is 0 Å². The second-order valence-corrected chi connectivity index (χ2v) is 23.8. The standard InChI is InChI=1S/C55H76N2O5/c1-32-24-34(27-36(25-32)35-14-10-9-11-15-35)28-37-30-57(40-20-23-56-47(37)40)31-39-46-45(33(2)26-41(58)50-51(3,4)62-50)42(59)29-54(46,7)53(6)22-18-43-52(5,49(53)48(39)61)21-19-44(60)55(43,8)38-16-12-13-17-38/h20,23-25,27,30,33,35,38-41,43,48-50,58,61H,9-19,21-22,26,28-29,31H2,1-8H3. The summed E-state index contributed by atoms with van der Waals surface area (Å²) in [5.74, 6) is 1.36. The highest BCUT2D eigenvalue weighted by Crippen LogP contribution is 2.76. The Bertz CT molecular complexity index is 2140. The minimum Gasteiger partial charge on any atom is -0.392 e. The smallest absolute Gasteiger partial charge is 0.160 e. The zero-order chi connectivity index (χ0) is 43.7. The van der Waals surface area contributed by atoms with E-state index in [0.717, 1.165) is 55.4 Å². The van der Waals surface area contributed by atoms with E-state index in [1.165, 1.54) is 67.2 Å². The number of benzene rings is 1. The van der Waals surface area contributed by atoms with Crippen molar-refractivity contribution in [2.24, 2.45) is 56.2 Å². The molecule has 3 aliphatic heterocycles. The average Bonchev–Trinajstić information content (AvgIpc) is 3.80. The molecule has 12 atom stereocenters. The molecule has 7 heteroatoms. The fourth-order valence-corrected chi connectivity index (χ4v) is 16.8. The number of carbonyl (C=O) groups is 2. The lowest BCUT2D eigenvalue weighted by Crippen LogP contribution is -2.69. The molecule has 336 valence electrons. The van der Waals surface area contributed by atoms with Crippen LogP contribution in [0.3, 0.4) is 0 Å². The fraction of sp³-hybridized carbons (Fsp3) is 0.727. The van der Waals surface area contributed by atoms with Gasteiger partial charge in [0.25, 0.3) is 0 Å². The monoisotopic (exact) mass is 845 g/mol. The fourth-order valence-electron chi connectivity index (χ4n) is 16.8. The van der Waals surface area contributed by atoms with Crippen LogP contribution in [0.15, 0.2) is 58.4 Å². The predicted octanol–water partition coefficient (Wildman–Crippen LogP) is 10.6. The number of fused-ring (bicyclic) bond motifs is 6. The zero-order valence-electron chi connectivity index (χ0n) is 39.3. The van der Waals surface area contributed by atoms with Crippen LogP contribution in [0.25, 0.3) is 0 Å².